The summed E-state index contributed by atoms with van der Waals surface area (Å²) in [6.45, 7) is 8.63. The number of carbonyl (C=O) groups excluding carboxylic acids is 2. The van der Waals surface area contributed by atoms with Crippen LogP contribution in [0.5, 0.6) is 0 Å². The second kappa shape index (κ2) is 14.5. The minimum Gasteiger partial charge on any atom is -0.463 e. The summed E-state index contributed by atoms with van der Waals surface area (Å²) in [4.78, 5) is 48.3. The van der Waals surface area contributed by atoms with Crippen LogP contribution in [-0.2, 0) is 25.8 Å². The fourth-order valence-electron chi connectivity index (χ4n) is 3.99. The Morgan fingerprint density at radius 2 is 1.62 bits per heavy atom. The first-order valence-electron chi connectivity index (χ1n) is 12.4. The number of hydrogen-bond acceptors (Lipinski definition) is 7. The Hall–Kier alpha value is -2.75. The third-order valence-corrected chi connectivity index (χ3v) is 5.67. The molecule has 10 heteroatoms. The van der Waals surface area contributed by atoms with Crippen LogP contribution in [0.1, 0.15) is 79.1 Å². The Balaban J connectivity index is 1.96. The smallest absolute Gasteiger partial charge is 0.309 e. The van der Waals surface area contributed by atoms with Gasteiger partial charge in [-0.3, -0.25) is 29.3 Å². The van der Waals surface area contributed by atoms with Gasteiger partial charge in [0.25, 0.3) is 5.56 Å². The van der Waals surface area contributed by atoms with E-state index in [1.165, 1.54) is 6.33 Å². The molecule has 2 aromatic rings. The number of rotatable bonds is 16. The van der Waals surface area contributed by atoms with Gasteiger partial charge in [0.15, 0.2) is 11.2 Å². The Morgan fingerprint density at radius 3 is 2.24 bits per heavy atom. The Labute approximate surface area is 200 Å². The van der Waals surface area contributed by atoms with E-state index in [9.17, 15) is 14.4 Å². The first kappa shape index (κ1) is 27.5. The van der Waals surface area contributed by atoms with Crippen molar-refractivity contribution in [3.8, 4) is 0 Å². The molecule has 2 rings (SSSR count). The molecule has 0 saturated heterocycles. The molecule has 2 heterocycles. The van der Waals surface area contributed by atoms with Gasteiger partial charge in [0, 0.05) is 5.92 Å². The monoisotopic (exact) mass is 477 g/mol. The number of aromatic amines is 1. The van der Waals surface area contributed by atoms with Crippen molar-refractivity contribution in [2.24, 2.45) is 11.8 Å². The molecule has 0 spiro atoms. The lowest BCUT2D eigenvalue weighted by Gasteiger charge is -2.15. The quantitative estimate of drug-likeness (QED) is 0.276. The maximum absolute atomic E-state index is 12.6. The molecule has 0 fully saturated rings. The number of anilines is 1. The van der Waals surface area contributed by atoms with Crippen LogP contribution < -0.4 is 10.9 Å². The van der Waals surface area contributed by atoms with Gasteiger partial charge in [-0.2, -0.15) is 4.98 Å². The molecular formula is C24H39N5O5. The molecule has 0 aliphatic carbocycles. The molecule has 0 radical (unpaired) electrons. The fraction of sp³-hybridized carbons (Fsp3) is 0.708. The summed E-state index contributed by atoms with van der Waals surface area (Å²) >= 11 is 0. The maximum atomic E-state index is 12.6. The third-order valence-electron chi connectivity index (χ3n) is 5.67. The molecule has 0 aliphatic rings. The van der Waals surface area contributed by atoms with Gasteiger partial charge in [-0.05, 0) is 25.7 Å². The van der Waals surface area contributed by atoms with Gasteiger partial charge in [-0.15, -0.1) is 0 Å². The molecule has 2 N–H and O–H groups in total. The zero-order valence-electron chi connectivity index (χ0n) is 20.9. The van der Waals surface area contributed by atoms with Crippen molar-refractivity contribution >= 4 is 29.0 Å². The van der Waals surface area contributed by atoms with Crippen molar-refractivity contribution in [2.75, 3.05) is 18.5 Å². The van der Waals surface area contributed by atoms with Crippen molar-refractivity contribution in [2.45, 2.75) is 85.8 Å². The van der Waals surface area contributed by atoms with E-state index in [1.807, 2.05) is 13.8 Å². The second-order valence-corrected chi connectivity index (χ2v) is 8.54. The van der Waals surface area contributed by atoms with Gasteiger partial charge in [0.1, 0.15) is 13.3 Å². The summed E-state index contributed by atoms with van der Waals surface area (Å²) in [6.07, 6.45) is 8.35. The summed E-state index contributed by atoms with van der Waals surface area (Å²) in [5, 5.41) is 2.74. The highest BCUT2D eigenvalue weighted by Gasteiger charge is 2.19. The van der Waals surface area contributed by atoms with E-state index in [4.69, 9.17) is 9.47 Å². The number of imidazole rings is 1. The topological polar surface area (TPSA) is 128 Å². The molecule has 0 unspecified atom stereocenters. The van der Waals surface area contributed by atoms with Crippen LogP contribution in [0.3, 0.4) is 0 Å². The molecule has 10 nitrogen and oxygen atoms in total. The number of fused-ring (bicyclic) bond motifs is 1. The Morgan fingerprint density at radius 1 is 1.00 bits per heavy atom. The molecule has 190 valence electrons. The predicted octanol–water partition coefficient (Wildman–Crippen LogP) is 4.01. The standard InChI is InChI=1S/C24H39N5O5/c1-5-9-17(10-6-2)21(30)27-24-26-20-19(22(31)28-24)25-15-29(20)16-33-13-14-34-23(32)18(11-7-3)12-8-4/h15,17-18H,5-14,16H2,1-4H3,(H2,26,27,28,30,31). The minimum absolute atomic E-state index is 0.0635. The molecule has 0 aliphatic heterocycles. The zero-order valence-corrected chi connectivity index (χ0v) is 20.9. The number of H-pyrrole nitrogens is 1. The van der Waals surface area contributed by atoms with E-state index in [-0.39, 0.29) is 55.1 Å². The highest BCUT2D eigenvalue weighted by molar-refractivity contribution is 5.91. The molecule has 0 atom stereocenters. The Bertz CT molecular complexity index is 958. The van der Waals surface area contributed by atoms with E-state index >= 15 is 0 Å². The molecule has 34 heavy (non-hydrogen) atoms. The average molecular weight is 478 g/mol. The van der Waals surface area contributed by atoms with Crippen molar-refractivity contribution < 1.29 is 19.1 Å². The minimum atomic E-state index is -0.437. The first-order chi connectivity index (χ1) is 16.4. The van der Waals surface area contributed by atoms with Crippen LogP contribution in [0.2, 0.25) is 0 Å². The van der Waals surface area contributed by atoms with Gasteiger partial charge in [0.2, 0.25) is 11.9 Å². The van der Waals surface area contributed by atoms with Crippen molar-refractivity contribution in [1.82, 2.24) is 19.5 Å². The van der Waals surface area contributed by atoms with Crippen LogP contribution >= 0.6 is 0 Å². The Kier molecular flexibility index (Phi) is 11.7. The van der Waals surface area contributed by atoms with Crippen molar-refractivity contribution in [3.05, 3.63) is 16.7 Å². The van der Waals surface area contributed by atoms with Gasteiger partial charge in [-0.1, -0.05) is 53.4 Å². The lowest BCUT2D eigenvalue weighted by Crippen LogP contribution is -2.25. The first-order valence-corrected chi connectivity index (χ1v) is 12.4. The number of ether oxygens (including phenoxy) is 2. The molecular weight excluding hydrogens is 438 g/mol. The number of esters is 1. The van der Waals surface area contributed by atoms with E-state index in [1.54, 1.807) is 4.57 Å². The number of aromatic nitrogens is 4. The number of carbonyl (C=O) groups is 2. The largest absolute Gasteiger partial charge is 0.463 e. The third kappa shape index (κ3) is 7.93. The van der Waals surface area contributed by atoms with Gasteiger partial charge < -0.3 is 9.47 Å². The SMILES string of the molecule is CCCC(CCC)C(=O)Nc1nc2c(ncn2COCCOC(=O)C(CCC)CCC)c(=O)[nH]1. The normalized spacial score (nSPS) is 11.5. The van der Waals surface area contributed by atoms with Gasteiger partial charge in [-0.25, -0.2) is 4.98 Å². The summed E-state index contributed by atoms with van der Waals surface area (Å²) in [5.74, 6) is -0.431. The van der Waals surface area contributed by atoms with E-state index < -0.39 is 5.56 Å². The van der Waals surface area contributed by atoms with Crippen molar-refractivity contribution in [3.63, 3.8) is 0 Å². The van der Waals surface area contributed by atoms with E-state index in [0.29, 0.717) is 5.65 Å². The highest BCUT2D eigenvalue weighted by atomic mass is 16.6. The average Bonchev–Trinajstić information content (AvgIpc) is 3.21. The number of amides is 1. The molecule has 1 amide bonds. The predicted molar refractivity (Wildman–Crippen MR) is 130 cm³/mol. The molecule has 0 aromatic carbocycles. The molecule has 0 saturated carbocycles. The summed E-state index contributed by atoms with van der Waals surface area (Å²) in [5.41, 5.74) is 0.0339. The van der Waals surface area contributed by atoms with Gasteiger partial charge >= 0.3 is 5.97 Å². The van der Waals surface area contributed by atoms with Crippen LogP contribution in [0.25, 0.3) is 11.2 Å². The van der Waals surface area contributed by atoms with Crippen LogP contribution in [-0.4, -0.2) is 44.6 Å². The fourth-order valence-corrected chi connectivity index (χ4v) is 3.99. The number of hydrogen-bond donors (Lipinski definition) is 2. The maximum Gasteiger partial charge on any atom is 0.309 e. The van der Waals surface area contributed by atoms with Crippen LogP contribution in [0, 0.1) is 11.8 Å². The van der Waals surface area contributed by atoms with Crippen molar-refractivity contribution in [1.29, 1.82) is 0 Å². The number of nitrogens with zero attached hydrogens (tertiary/aromatic N) is 3. The molecule has 2 aromatic heterocycles. The molecule has 0 bridgehead atoms. The van der Waals surface area contributed by atoms with Gasteiger partial charge in [0.05, 0.1) is 18.9 Å². The van der Waals surface area contributed by atoms with Crippen LogP contribution in [0.4, 0.5) is 5.95 Å². The zero-order chi connectivity index (χ0) is 24.9. The van der Waals surface area contributed by atoms with Crippen LogP contribution in [0.15, 0.2) is 11.1 Å². The lowest BCUT2D eigenvalue weighted by molar-refractivity contribution is -0.151. The highest BCUT2D eigenvalue weighted by Crippen LogP contribution is 2.17. The number of nitrogens with one attached hydrogen (secondary N) is 2. The van der Waals surface area contributed by atoms with E-state index in [2.05, 4.69) is 34.1 Å². The lowest BCUT2D eigenvalue weighted by atomic mass is 9.97. The summed E-state index contributed by atoms with van der Waals surface area (Å²) in [7, 11) is 0. The summed E-state index contributed by atoms with van der Waals surface area (Å²) < 4.78 is 12.5. The second-order valence-electron chi connectivity index (χ2n) is 8.54. The summed E-state index contributed by atoms with van der Waals surface area (Å²) in [6, 6.07) is 0. The van der Waals surface area contributed by atoms with E-state index in [0.717, 1.165) is 51.4 Å².